The maximum absolute atomic E-state index is 12.3. The lowest BCUT2D eigenvalue weighted by Crippen LogP contribution is -2.48. The van der Waals surface area contributed by atoms with Crippen molar-refractivity contribution in [2.45, 2.75) is 58.0 Å². The van der Waals surface area contributed by atoms with E-state index in [1.807, 2.05) is 0 Å². The van der Waals surface area contributed by atoms with Crippen LogP contribution in [0.5, 0.6) is 0 Å². The summed E-state index contributed by atoms with van der Waals surface area (Å²) in [6, 6.07) is 1.18. The summed E-state index contributed by atoms with van der Waals surface area (Å²) in [5, 5.41) is 3.05. The molecule has 7 heteroatoms. The fraction of sp³-hybridized carbons (Fsp3) is 0.938. The number of piperidine rings is 2. The molecule has 2 rings (SSSR count). The number of amides is 1. The number of nitrogens with zero attached hydrogens (tertiary/aromatic N) is 2. The maximum Gasteiger partial charge on any atom is 0.223 e. The minimum absolute atomic E-state index is 0.0517. The fourth-order valence-corrected chi connectivity index (χ4v) is 4.69. The molecule has 1 amide bonds. The normalized spacial score (nSPS) is 28.7. The smallest absolute Gasteiger partial charge is 0.223 e. The summed E-state index contributed by atoms with van der Waals surface area (Å²) in [5.41, 5.74) is 0. The number of hydrogen-bond donors (Lipinski definition) is 1. The lowest BCUT2D eigenvalue weighted by molar-refractivity contribution is -0.126. The topological polar surface area (TPSA) is 69.7 Å². The minimum atomic E-state index is -3.12. The Hall–Kier alpha value is -0.660. The molecule has 0 unspecified atom stereocenters. The molecule has 2 fully saturated rings. The molecule has 0 spiro atoms. The van der Waals surface area contributed by atoms with Gasteiger partial charge < -0.3 is 5.32 Å². The number of nitrogens with one attached hydrogen (secondary N) is 1. The first-order chi connectivity index (χ1) is 10.8. The van der Waals surface area contributed by atoms with Crippen LogP contribution >= 0.6 is 0 Å². The van der Waals surface area contributed by atoms with Crippen molar-refractivity contribution in [1.29, 1.82) is 0 Å². The van der Waals surface area contributed by atoms with Crippen LogP contribution in [-0.2, 0) is 14.8 Å². The molecule has 0 radical (unpaired) electrons. The van der Waals surface area contributed by atoms with Crippen LogP contribution in [0.25, 0.3) is 0 Å². The molecule has 2 heterocycles. The molecule has 23 heavy (non-hydrogen) atoms. The average Bonchev–Trinajstić information content (AvgIpc) is 2.49. The highest BCUT2D eigenvalue weighted by atomic mass is 32.2. The van der Waals surface area contributed by atoms with Crippen LogP contribution < -0.4 is 5.32 Å². The van der Waals surface area contributed by atoms with Crippen LogP contribution in [0, 0.1) is 5.92 Å². The van der Waals surface area contributed by atoms with Crippen molar-refractivity contribution in [2.24, 2.45) is 5.92 Å². The Labute approximate surface area is 140 Å². The van der Waals surface area contributed by atoms with E-state index in [4.69, 9.17) is 0 Å². The predicted molar refractivity (Wildman–Crippen MR) is 91.6 cm³/mol. The summed E-state index contributed by atoms with van der Waals surface area (Å²) in [6.45, 7) is 7.01. The quantitative estimate of drug-likeness (QED) is 0.808. The first kappa shape index (κ1) is 18.7. The molecule has 2 aliphatic rings. The van der Waals surface area contributed by atoms with Gasteiger partial charge >= 0.3 is 0 Å². The highest BCUT2D eigenvalue weighted by Gasteiger charge is 2.29. The van der Waals surface area contributed by atoms with Crippen LogP contribution in [-0.4, -0.2) is 68.0 Å². The molecule has 134 valence electrons. The second-order valence-corrected chi connectivity index (χ2v) is 9.08. The Morgan fingerprint density at radius 2 is 1.65 bits per heavy atom. The second-order valence-electron chi connectivity index (χ2n) is 7.09. The van der Waals surface area contributed by atoms with Gasteiger partial charge in [0, 0.05) is 44.2 Å². The van der Waals surface area contributed by atoms with E-state index in [1.54, 1.807) is 0 Å². The SMILES string of the molecule is C[C@H]1CCC[C@H](C)N1CCNC(=O)C1CCN(S(C)(=O)=O)CC1. The van der Waals surface area contributed by atoms with Crippen molar-refractivity contribution >= 4 is 15.9 Å². The zero-order chi connectivity index (χ0) is 17.0. The molecule has 6 nitrogen and oxygen atoms in total. The standard InChI is InChI=1S/C16H31N3O3S/c1-13-5-4-6-14(2)19(13)12-9-17-16(20)15-7-10-18(11-8-15)23(3,21)22/h13-15H,4-12H2,1-3H3,(H,17,20)/t13-,14-/m0/s1. The van der Waals surface area contributed by atoms with Crippen molar-refractivity contribution < 1.29 is 13.2 Å². The first-order valence-electron chi connectivity index (χ1n) is 8.77. The van der Waals surface area contributed by atoms with Crippen LogP contribution in [0.1, 0.15) is 46.0 Å². The lowest BCUT2D eigenvalue weighted by Gasteiger charge is -2.39. The first-order valence-corrected chi connectivity index (χ1v) is 10.6. The second kappa shape index (κ2) is 7.94. The van der Waals surface area contributed by atoms with Crippen LogP contribution in [0.2, 0.25) is 0 Å². The van der Waals surface area contributed by atoms with Gasteiger partial charge in [0.2, 0.25) is 15.9 Å². The molecule has 0 bridgehead atoms. The molecule has 0 aromatic heterocycles. The highest BCUT2D eigenvalue weighted by molar-refractivity contribution is 7.88. The van der Waals surface area contributed by atoms with Crippen molar-refractivity contribution in [3.05, 3.63) is 0 Å². The van der Waals surface area contributed by atoms with E-state index in [1.165, 1.54) is 29.8 Å². The third kappa shape index (κ3) is 5.16. The molecule has 2 saturated heterocycles. The van der Waals surface area contributed by atoms with E-state index >= 15 is 0 Å². The third-order valence-corrected chi connectivity index (χ3v) is 6.64. The van der Waals surface area contributed by atoms with E-state index in [0.29, 0.717) is 44.6 Å². The van der Waals surface area contributed by atoms with E-state index in [2.05, 4.69) is 24.1 Å². The van der Waals surface area contributed by atoms with Crippen LogP contribution in [0.15, 0.2) is 0 Å². The van der Waals surface area contributed by atoms with Gasteiger partial charge in [0.25, 0.3) is 0 Å². The van der Waals surface area contributed by atoms with Gasteiger partial charge in [0.15, 0.2) is 0 Å². The predicted octanol–water partition coefficient (Wildman–Crippen LogP) is 1.04. The number of likely N-dealkylation sites (tertiary alicyclic amines) is 1. The van der Waals surface area contributed by atoms with Crippen molar-refractivity contribution in [1.82, 2.24) is 14.5 Å². The fourth-order valence-electron chi connectivity index (χ4n) is 3.82. The van der Waals surface area contributed by atoms with E-state index in [9.17, 15) is 13.2 Å². The summed E-state index contributed by atoms with van der Waals surface area (Å²) in [4.78, 5) is 14.7. The van der Waals surface area contributed by atoms with E-state index < -0.39 is 10.0 Å². The van der Waals surface area contributed by atoms with Crippen LogP contribution in [0.4, 0.5) is 0 Å². The largest absolute Gasteiger partial charge is 0.355 e. The van der Waals surface area contributed by atoms with Gasteiger partial charge in [-0.25, -0.2) is 12.7 Å². The van der Waals surface area contributed by atoms with Gasteiger partial charge in [0.1, 0.15) is 0 Å². The number of hydrogen-bond acceptors (Lipinski definition) is 4. The summed E-state index contributed by atoms with van der Waals surface area (Å²) in [6.07, 6.45) is 6.24. The Morgan fingerprint density at radius 1 is 1.09 bits per heavy atom. The summed E-state index contributed by atoms with van der Waals surface area (Å²) in [7, 11) is -3.12. The number of sulfonamides is 1. The van der Waals surface area contributed by atoms with Gasteiger partial charge in [-0.2, -0.15) is 0 Å². The third-order valence-electron chi connectivity index (χ3n) is 5.34. The Balaban J connectivity index is 1.71. The summed E-state index contributed by atoms with van der Waals surface area (Å²) < 4.78 is 24.4. The molecule has 0 aliphatic carbocycles. The minimum Gasteiger partial charge on any atom is -0.355 e. The van der Waals surface area contributed by atoms with Gasteiger partial charge in [-0.05, 0) is 39.5 Å². The number of rotatable bonds is 5. The lowest BCUT2D eigenvalue weighted by atomic mass is 9.97. The highest BCUT2D eigenvalue weighted by Crippen LogP contribution is 2.22. The van der Waals surface area contributed by atoms with Crippen molar-refractivity contribution in [3.8, 4) is 0 Å². The average molecular weight is 346 g/mol. The molecule has 2 aliphatic heterocycles. The van der Waals surface area contributed by atoms with E-state index in [-0.39, 0.29) is 11.8 Å². The zero-order valence-corrected chi connectivity index (χ0v) is 15.4. The molecule has 0 aromatic carbocycles. The Kier molecular flexibility index (Phi) is 6.45. The van der Waals surface area contributed by atoms with E-state index in [0.717, 1.165) is 6.54 Å². The molecule has 0 aromatic rings. The Bertz CT molecular complexity index is 491. The van der Waals surface area contributed by atoms with Gasteiger partial charge in [-0.3, -0.25) is 9.69 Å². The van der Waals surface area contributed by atoms with Crippen LogP contribution in [0.3, 0.4) is 0 Å². The molecule has 2 atom stereocenters. The molecule has 1 N–H and O–H groups in total. The molecular weight excluding hydrogens is 314 g/mol. The van der Waals surface area contributed by atoms with Gasteiger partial charge in [0.05, 0.1) is 6.26 Å². The maximum atomic E-state index is 12.3. The van der Waals surface area contributed by atoms with Crippen molar-refractivity contribution in [3.63, 3.8) is 0 Å². The molecule has 0 saturated carbocycles. The summed E-state index contributed by atoms with van der Waals surface area (Å²) in [5.74, 6) is 0.0275. The number of carbonyl (C=O) groups excluding carboxylic acids is 1. The van der Waals surface area contributed by atoms with Crippen molar-refractivity contribution in [2.75, 3.05) is 32.4 Å². The zero-order valence-electron chi connectivity index (χ0n) is 14.6. The van der Waals surface area contributed by atoms with Gasteiger partial charge in [-0.1, -0.05) is 6.42 Å². The summed E-state index contributed by atoms with van der Waals surface area (Å²) >= 11 is 0. The van der Waals surface area contributed by atoms with Gasteiger partial charge in [-0.15, -0.1) is 0 Å². The molecular formula is C16H31N3O3S. The monoisotopic (exact) mass is 345 g/mol. The Morgan fingerprint density at radius 3 is 2.17 bits per heavy atom. The number of carbonyl (C=O) groups is 1.